The van der Waals surface area contributed by atoms with Gasteiger partial charge in [0.25, 0.3) is 0 Å². The largest absolute Gasteiger partial charge is 0.534 e. The van der Waals surface area contributed by atoms with Gasteiger partial charge in [0.1, 0.15) is 11.5 Å². The van der Waals surface area contributed by atoms with Crippen molar-refractivity contribution in [1.82, 2.24) is 0 Å². The summed E-state index contributed by atoms with van der Waals surface area (Å²) in [5.41, 5.74) is -5.52. The Morgan fingerprint density at radius 1 is 1.22 bits per heavy atom. The number of hydrogen-bond donors (Lipinski definition) is 0. The number of carbonyl (C=O) groups excluding carboxylic acids is 1. The van der Waals surface area contributed by atoms with Gasteiger partial charge in [0.05, 0.1) is 5.60 Å². The molecule has 0 bridgehead atoms. The minimum absolute atomic E-state index is 0.0272. The molecule has 1 aliphatic carbocycles. The van der Waals surface area contributed by atoms with Gasteiger partial charge < -0.3 is 8.92 Å². The summed E-state index contributed by atoms with van der Waals surface area (Å²) in [6.07, 6.45) is 0.500. The second kappa shape index (κ2) is 5.79. The van der Waals surface area contributed by atoms with Crippen molar-refractivity contribution in [2.75, 3.05) is 7.11 Å². The van der Waals surface area contributed by atoms with Crippen molar-refractivity contribution in [3.05, 3.63) is 29.8 Å². The maximum Gasteiger partial charge on any atom is 0.534 e. The molecule has 23 heavy (non-hydrogen) atoms. The minimum atomic E-state index is -5.70. The van der Waals surface area contributed by atoms with Crippen LogP contribution in [-0.2, 0) is 19.6 Å². The van der Waals surface area contributed by atoms with Gasteiger partial charge in [-0.15, -0.1) is 0 Å². The summed E-state index contributed by atoms with van der Waals surface area (Å²) < 4.78 is 68.1. The predicted octanol–water partition coefficient (Wildman–Crippen LogP) is 2.77. The summed E-state index contributed by atoms with van der Waals surface area (Å²) in [5.74, 6) is -0.679. The van der Waals surface area contributed by atoms with Crippen molar-refractivity contribution in [3.8, 4) is 5.75 Å². The Hall–Kier alpha value is -1.61. The van der Waals surface area contributed by atoms with Crippen molar-refractivity contribution in [2.24, 2.45) is 0 Å². The van der Waals surface area contributed by atoms with E-state index in [0.29, 0.717) is 5.56 Å². The summed E-state index contributed by atoms with van der Waals surface area (Å²) >= 11 is 0. The Morgan fingerprint density at radius 3 is 2.26 bits per heavy atom. The number of alkyl halides is 3. The zero-order chi connectivity index (χ0) is 17.5. The van der Waals surface area contributed by atoms with Gasteiger partial charge in [0.2, 0.25) is 0 Å². The number of rotatable bonds is 4. The van der Waals surface area contributed by atoms with Crippen molar-refractivity contribution >= 4 is 15.9 Å². The Kier molecular flexibility index (Phi) is 4.46. The molecule has 9 heteroatoms. The summed E-state index contributed by atoms with van der Waals surface area (Å²) in [5, 5.41) is 0. The Bertz CT molecular complexity index is 696. The summed E-state index contributed by atoms with van der Waals surface area (Å²) in [6, 6.07) is 5.11. The molecule has 128 valence electrons. The average molecular weight is 352 g/mol. The van der Waals surface area contributed by atoms with Crippen molar-refractivity contribution in [1.29, 1.82) is 0 Å². The molecule has 1 fully saturated rings. The van der Waals surface area contributed by atoms with Crippen molar-refractivity contribution < 1.29 is 35.3 Å². The molecule has 0 saturated heterocycles. The lowest BCUT2D eigenvalue weighted by molar-refractivity contribution is -0.119. The van der Waals surface area contributed by atoms with Crippen LogP contribution in [0.15, 0.2) is 24.3 Å². The highest BCUT2D eigenvalue weighted by molar-refractivity contribution is 7.87. The third-order valence-electron chi connectivity index (χ3n) is 3.96. The van der Waals surface area contributed by atoms with E-state index in [4.69, 9.17) is 4.74 Å². The van der Waals surface area contributed by atoms with Crippen LogP contribution < -0.4 is 4.18 Å². The predicted molar refractivity (Wildman–Crippen MR) is 74.4 cm³/mol. The molecule has 0 unspecified atom stereocenters. The number of hydrogen-bond acceptors (Lipinski definition) is 5. The number of ether oxygens (including phenoxy) is 1. The molecule has 1 saturated carbocycles. The number of methoxy groups -OCH3 is 1. The summed E-state index contributed by atoms with van der Waals surface area (Å²) in [6.45, 7) is 1.78. The molecule has 2 rings (SSSR count). The lowest BCUT2D eigenvalue weighted by atomic mass is 9.86. The quantitative estimate of drug-likeness (QED) is 0.616. The van der Waals surface area contributed by atoms with Crippen LogP contribution in [0, 0.1) is 0 Å². The lowest BCUT2D eigenvalue weighted by Gasteiger charge is -2.29. The van der Waals surface area contributed by atoms with E-state index in [1.807, 2.05) is 0 Å². The van der Waals surface area contributed by atoms with Crippen LogP contribution in [0.5, 0.6) is 5.75 Å². The first-order valence-electron chi connectivity index (χ1n) is 6.66. The Labute approximate surface area is 131 Å². The van der Waals surface area contributed by atoms with Gasteiger partial charge in [-0.25, -0.2) is 0 Å². The smallest absolute Gasteiger partial charge is 0.377 e. The van der Waals surface area contributed by atoms with Crippen LogP contribution >= 0.6 is 0 Å². The van der Waals surface area contributed by atoms with Crippen LogP contribution in [0.4, 0.5) is 13.2 Å². The molecule has 5 nitrogen and oxygen atoms in total. The van der Waals surface area contributed by atoms with Crippen LogP contribution in [0.3, 0.4) is 0 Å². The maximum absolute atomic E-state index is 12.3. The number of ketones is 1. The fraction of sp³-hybridized carbons (Fsp3) is 0.500. The summed E-state index contributed by atoms with van der Waals surface area (Å²) in [4.78, 5) is 11.7. The standard InChI is InChI=1S/C14H15F3O5S/c1-13(21-2)8-10(18)7-12(13)9-3-5-11(6-4-9)22-23(19,20)14(15,16)17/h3-6,12H,7-8H2,1-2H3/t12-,13+/m1/s1. The van der Waals surface area contributed by atoms with Gasteiger partial charge in [-0.2, -0.15) is 21.6 Å². The lowest BCUT2D eigenvalue weighted by Crippen LogP contribution is -2.30. The fourth-order valence-electron chi connectivity index (χ4n) is 2.64. The van der Waals surface area contributed by atoms with Crippen LogP contribution in [0.2, 0.25) is 0 Å². The number of benzene rings is 1. The van der Waals surface area contributed by atoms with E-state index >= 15 is 0 Å². The number of halogens is 3. The molecule has 2 atom stereocenters. The highest BCUT2D eigenvalue weighted by atomic mass is 32.2. The van der Waals surface area contributed by atoms with Crippen LogP contribution in [0.1, 0.15) is 31.2 Å². The second-order valence-corrected chi connectivity index (χ2v) is 7.08. The normalized spacial score (nSPS) is 25.6. The van der Waals surface area contributed by atoms with E-state index in [2.05, 4.69) is 4.18 Å². The topological polar surface area (TPSA) is 69.7 Å². The average Bonchev–Trinajstić information content (AvgIpc) is 2.74. The first-order chi connectivity index (χ1) is 10.5. The van der Waals surface area contributed by atoms with Gasteiger partial charge in [-0.05, 0) is 24.6 Å². The molecule has 1 aromatic carbocycles. The molecule has 0 heterocycles. The van der Waals surface area contributed by atoms with Gasteiger partial charge in [-0.3, -0.25) is 4.79 Å². The Morgan fingerprint density at radius 2 is 1.78 bits per heavy atom. The van der Waals surface area contributed by atoms with E-state index in [9.17, 15) is 26.4 Å². The highest BCUT2D eigenvalue weighted by Crippen LogP contribution is 2.43. The molecule has 0 radical (unpaired) electrons. The molecule has 1 aliphatic rings. The molecular formula is C14H15F3O5S. The zero-order valence-electron chi connectivity index (χ0n) is 12.4. The minimum Gasteiger partial charge on any atom is -0.377 e. The van der Waals surface area contributed by atoms with E-state index in [0.717, 1.165) is 12.1 Å². The Balaban J connectivity index is 2.22. The SMILES string of the molecule is CO[C@@]1(C)CC(=O)C[C@@H]1c1ccc(OS(=O)(=O)C(F)(F)F)cc1. The zero-order valence-corrected chi connectivity index (χ0v) is 13.2. The number of carbonyl (C=O) groups is 1. The first-order valence-corrected chi connectivity index (χ1v) is 8.07. The molecule has 0 aliphatic heterocycles. The van der Waals surface area contributed by atoms with E-state index in [-0.39, 0.29) is 24.5 Å². The third-order valence-corrected chi connectivity index (χ3v) is 4.93. The summed E-state index contributed by atoms with van der Waals surface area (Å²) in [7, 11) is -4.21. The van der Waals surface area contributed by atoms with E-state index in [1.54, 1.807) is 6.92 Å². The second-order valence-electron chi connectivity index (χ2n) is 5.54. The van der Waals surface area contributed by atoms with Crippen molar-refractivity contribution in [2.45, 2.75) is 36.8 Å². The van der Waals surface area contributed by atoms with Gasteiger partial charge in [-0.1, -0.05) is 12.1 Å². The molecule has 0 aromatic heterocycles. The van der Waals surface area contributed by atoms with Crippen LogP contribution in [-0.4, -0.2) is 32.4 Å². The van der Waals surface area contributed by atoms with Gasteiger partial charge in [0.15, 0.2) is 0 Å². The van der Waals surface area contributed by atoms with Gasteiger partial charge in [0, 0.05) is 25.9 Å². The number of Topliss-reactive ketones (excluding diaryl/α,β-unsaturated/α-hetero) is 1. The third kappa shape index (κ3) is 3.50. The van der Waals surface area contributed by atoms with Crippen LogP contribution in [0.25, 0.3) is 0 Å². The molecule has 0 amide bonds. The molecule has 0 N–H and O–H groups in total. The molecular weight excluding hydrogens is 337 g/mol. The van der Waals surface area contributed by atoms with Crippen molar-refractivity contribution in [3.63, 3.8) is 0 Å². The molecule has 0 spiro atoms. The van der Waals surface area contributed by atoms with E-state index < -0.39 is 27.0 Å². The van der Waals surface area contributed by atoms with E-state index in [1.165, 1.54) is 19.2 Å². The molecule has 1 aromatic rings. The monoisotopic (exact) mass is 352 g/mol. The fourth-order valence-corrected chi connectivity index (χ4v) is 3.10. The maximum atomic E-state index is 12.3. The van der Waals surface area contributed by atoms with Gasteiger partial charge >= 0.3 is 15.6 Å². The highest BCUT2D eigenvalue weighted by Gasteiger charge is 2.48. The first kappa shape index (κ1) is 17.7.